The van der Waals surface area contributed by atoms with Crippen molar-refractivity contribution in [2.24, 2.45) is 0 Å². The molecule has 0 aromatic heterocycles. The normalized spacial score (nSPS) is 15.8. The number of alkyl halides is 3. The van der Waals surface area contributed by atoms with Crippen LogP contribution < -0.4 is 0 Å². The molecule has 3 rings (SSSR count). The van der Waals surface area contributed by atoms with Crippen LogP contribution in [0.4, 0.5) is 17.6 Å². The molecule has 3 nitrogen and oxygen atoms in total. The Morgan fingerprint density at radius 3 is 1.96 bits per heavy atom. The van der Waals surface area contributed by atoms with Crippen LogP contribution in [0, 0.1) is 5.82 Å². The topological polar surface area (TPSA) is 57.2 Å². The highest BCUT2D eigenvalue weighted by molar-refractivity contribution is 8.00. The smallest absolute Gasteiger partial charge is 0.485 e. The predicted octanol–water partition coefficient (Wildman–Crippen LogP) is 4.68. The van der Waals surface area contributed by atoms with Gasteiger partial charge in [-0.05, 0) is 24.5 Å². The molecular weight excluding hydrogens is 416 g/mol. The van der Waals surface area contributed by atoms with Crippen molar-refractivity contribution in [3.8, 4) is 0 Å². The second-order valence-corrected chi connectivity index (χ2v) is 9.43. The van der Waals surface area contributed by atoms with E-state index in [1.807, 2.05) is 30.3 Å². The van der Waals surface area contributed by atoms with Gasteiger partial charge in [-0.25, -0.2) is 12.8 Å². The SMILES string of the molecule is Fc1ccccc1C(=C[S+]1CCCC1)c1ccccc1.O=S(=O)([O-])C(F)(F)F. The average molecular weight is 434 g/mol. The Bertz CT molecular complexity index is 904. The van der Waals surface area contributed by atoms with Crippen LogP contribution in [0.15, 0.2) is 60.0 Å². The summed E-state index contributed by atoms with van der Waals surface area (Å²) in [4.78, 5) is 0. The molecule has 0 amide bonds. The Kier molecular flexibility index (Phi) is 7.68. The summed E-state index contributed by atoms with van der Waals surface area (Å²) < 4.78 is 73.1. The van der Waals surface area contributed by atoms with Crippen molar-refractivity contribution < 1.29 is 30.5 Å². The molecule has 152 valence electrons. The zero-order chi connectivity index (χ0) is 20.8. The van der Waals surface area contributed by atoms with Crippen molar-refractivity contribution in [1.29, 1.82) is 0 Å². The molecule has 0 aliphatic carbocycles. The van der Waals surface area contributed by atoms with Gasteiger partial charge >= 0.3 is 5.51 Å². The molecule has 28 heavy (non-hydrogen) atoms. The van der Waals surface area contributed by atoms with E-state index in [1.165, 1.54) is 24.3 Å². The van der Waals surface area contributed by atoms with Gasteiger partial charge in [0.2, 0.25) is 0 Å². The van der Waals surface area contributed by atoms with Crippen LogP contribution in [0.3, 0.4) is 0 Å². The minimum absolute atomic E-state index is 0.134. The Labute approximate surface area is 164 Å². The summed E-state index contributed by atoms with van der Waals surface area (Å²) in [6.45, 7) is 0. The lowest BCUT2D eigenvalue weighted by molar-refractivity contribution is -0.0517. The lowest BCUT2D eigenvalue weighted by Gasteiger charge is -2.08. The number of rotatable bonds is 3. The largest absolute Gasteiger partial charge is 0.741 e. The van der Waals surface area contributed by atoms with Gasteiger partial charge in [-0.1, -0.05) is 48.5 Å². The summed E-state index contributed by atoms with van der Waals surface area (Å²) in [5.41, 5.74) is -2.77. The molecule has 1 aliphatic heterocycles. The van der Waals surface area contributed by atoms with Crippen LogP contribution in [0.2, 0.25) is 0 Å². The molecule has 0 spiro atoms. The molecule has 2 aromatic carbocycles. The molecule has 9 heteroatoms. The van der Waals surface area contributed by atoms with E-state index in [9.17, 15) is 17.6 Å². The summed E-state index contributed by atoms with van der Waals surface area (Å²) in [5, 5.41) is 2.31. The van der Waals surface area contributed by atoms with Gasteiger partial charge in [0.1, 0.15) is 22.7 Å². The van der Waals surface area contributed by atoms with Crippen LogP contribution in [0.25, 0.3) is 5.57 Å². The summed E-state index contributed by atoms with van der Waals surface area (Å²) in [6.07, 6.45) is 2.61. The third-order valence-electron chi connectivity index (χ3n) is 3.88. The first-order valence-electron chi connectivity index (χ1n) is 8.30. The van der Waals surface area contributed by atoms with Crippen LogP contribution in [0.5, 0.6) is 0 Å². The molecule has 1 saturated heterocycles. The maximum absolute atomic E-state index is 14.2. The maximum atomic E-state index is 14.2. The zero-order valence-electron chi connectivity index (χ0n) is 14.7. The molecule has 0 saturated carbocycles. The Hall–Kier alpha value is -1.84. The van der Waals surface area contributed by atoms with E-state index >= 15 is 0 Å². The van der Waals surface area contributed by atoms with Gasteiger partial charge in [-0.3, -0.25) is 0 Å². The summed E-state index contributed by atoms with van der Waals surface area (Å²) in [7, 11) is -5.79. The van der Waals surface area contributed by atoms with E-state index in [-0.39, 0.29) is 5.82 Å². The van der Waals surface area contributed by atoms with Gasteiger partial charge in [0, 0.05) is 22.0 Å². The Balaban J connectivity index is 0.000000300. The van der Waals surface area contributed by atoms with Gasteiger partial charge in [0.15, 0.2) is 10.1 Å². The zero-order valence-corrected chi connectivity index (χ0v) is 16.3. The van der Waals surface area contributed by atoms with E-state index in [0.29, 0.717) is 10.9 Å². The van der Waals surface area contributed by atoms with Gasteiger partial charge in [0.05, 0.1) is 0 Å². The highest BCUT2D eigenvalue weighted by Crippen LogP contribution is 2.29. The second kappa shape index (κ2) is 9.58. The Morgan fingerprint density at radius 1 is 0.964 bits per heavy atom. The molecule has 0 radical (unpaired) electrons. The lowest BCUT2D eigenvalue weighted by atomic mass is 9.99. The van der Waals surface area contributed by atoms with E-state index in [1.54, 1.807) is 12.1 Å². The number of benzene rings is 2. The second-order valence-electron chi connectivity index (χ2n) is 5.93. The summed E-state index contributed by atoms with van der Waals surface area (Å²) >= 11 is 0. The molecule has 0 bridgehead atoms. The Morgan fingerprint density at radius 2 is 1.46 bits per heavy atom. The predicted molar refractivity (Wildman–Crippen MR) is 102 cm³/mol. The first kappa shape index (κ1) is 22.4. The average Bonchev–Trinajstić information content (AvgIpc) is 3.13. The van der Waals surface area contributed by atoms with Crippen LogP contribution in [-0.2, 0) is 21.0 Å². The highest BCUT2D eigenvalue weighted by Gasteiger charge is 2.36. The third kappa shape index (κ3) is 6.35. The van der Waals surface area contributed by atoms with Gasteiger partial charge < -0.3 is 4.55 Å². The van der Waals surface area contributed by atoms with Gasteiger partial charge in [-0.15, -0.1) is 0 Å². The van der Waals surface area contributed by atoms with Gasteiger partial charge in [0.25, 0.3) is 0 Å². The van der Waals surface area contributed by atoms with Crippen LogP contribution in [-0.4, -0.2) is 30.0 Å². The van der Waals surface area contributed by atoms with Crippen LogP contribution >= 0.6 is 0 Å². The fraction of sp³-hybridized carbons (Fsp3) is 0.263. The molecule has 0 atom stereocenters. The quantitative estimate of drug-likeness (QED) is 0.305. The fourth-order valence-electron chi connectivity index (χ4n) is 2.55. The maximum Gasteiger partial charge on any atom is 0.485 e. The van der Waals surface area contributed by atoms with Crippen molar-refractivity contribution in [3.05, 3.63) is 76.9 Å². The van der Waals surface area contributed by atoms with Crippen molar-refractivity contribution >= 4 is 26.6 Å². The molecule has 2 aromatic rings. The third-order valence-corrected chi connectivity index (χ3v) is 6.64. The number of halogens is 4. The van der Waals surface area contributed by atoms with Crippen molar-refractivity contribution in [2.45, 2.75) is 18.3 Å². The van der Waals surface area contributed by atoms with Gasteiger partial charge in [-0.2, -0.15) is 13.2 Å². The van der Waals surface area contributed by atoms with E-state index in [4.69, 9.17) is 13.0 Å². The first-order chi connectivity index (χ1) is 13.1. The molecule has 1 fully saturated rings. The van der Waals surface area contributed by atoms with Crippen molar-refractivity contribution in [2.75, 3.05) is 11.5 Å². The minimum atomic E-state index is -6.09. The van der Waals surface area contributed by atoms with E-state index in [0.717, 1.165) is 16.7 Å². The molecule has 1 heterocycles. The lowest BCUT2D eigenvalue weighted by Crippen LogP contribution is -2.21. The molecular formula is C19H18F4O3S2. The minimum Gasteiger partial charge on any atom is -0.741 e. The number of hydrogen-bond acceptors (Lipinski definition) is 3. The fourth-order valence-corrected chi connectivity index (χ4v) is 4.73. The summed E-state index contributed by atoms with van der Waals surface area (Å²) in [6, 6.07) is 17.3. The standard InChI is InChI=1S/C18H18FS.CHF3O3S/c19-18-11-5-4-10-16(18)17(14-20-12-6-7-13-20)15-8-2-1-3-9-15;2-1(3,4)8(5,6)7/h1-5,8-11,14H,6-7,12-13H2;(H,5,6,7)/q+1;/p-1. The first-order valence-corrected chi connectivity index (χ1v) is 11.3. The van der Waals surface area contributed by atoms with E-state index < -0.39 is 15.6 Å². The van der Waals surface area contributed by atoms with Crippen molar-refractivity contribution in [1.82, 2.24) is 0 Å². The molecule has 1 aliphatic rings. The highest BCUT2D eigenvalue weighted by atomic mass is 32.2. The summed E-state index contributed by atoms with van der Waals surface area (Å²) in [5.74, 6) is 2.38. The molecule has 0 unspecified atom stereocenters. The van der Waals surface area contributed by atoms with Crippen LogP contribution in [0.1, 0.15) is 24.0 Å². The number of hydrogen-bond donors (Lipinski definition) is 0. The van der Waals surface area contributed by atoms with E-state index in [2.05, 4.69) is 17.5 Å². The van der Waals surface area contributed by atoms with Crippen molar-refractivity contribution in [3.63, 3.8) is 0 Å². The monoisotopic (exact) mass is 434 g/mol. The molecule has 0 N–H and O–H groups in total.